The third kappa shape index (κ3) is 4.30. The molecule has 0 saturated carbocycles. The van der Waals surface area contributed by atoms with Gasteiger partial charge in [-0.2, -0.15) is 0 Å². The van der Waals surface area contributed by atoms with Gasteiger partial charge in [0.25, 0.3) is 0 Å². The van der Waals surface area contributed by atoms with Gasteiger partial charge >= 0.3 is 5.63 Å². The van der Waals surface area contributed by atoms with Gasteiger partial charge in [0, 0.05) is 16.8 Å². The Morgan fingerprint density at radius 2 is 2.04 bits per heavy atom. The van der Waals surface area contributed by atoms with Crippen molar-refractivity contribution >= 4 is 21.9 Å². The molecule has 3 aromatic rings. The molecule has 0 fully saturated rings. The van der Waals surface area contributed by atoms with Gasteiger partial charge in [0.2, 0.25) is 5.75 Å². The molecule has 0 aliphatic heterocycles. The predicted molar refractivity (Wildman–Crippen MR) is 103 cm³/mol. The van der Waals surface area contributed by atoms with E-state index in [0.717, 1.165) is 28.3 Å². The van der Waals surface area contributed by atoms with E-state index in [4.69, 9.17) is 18.8 Å². The van der Waals surface area contributed by atoms with Gasteiger partial charge in [0.15, 0.2) is 11.2 Å². The van der Waals surface area contributed by atoms with Crippen LogP contribution in [0.5, 0.6) is 5.75 Å². The molecular weight excluding hydrogens is 348 g/mol. The average Bonchev–Trinajstić information content (AvgIpc) is 3.10. The van der Waals surface area contributed by atoms with E-state index in [1.807, 2.05) is 32.1 Å². The summed E-state index contributed by atoms with van der Waals surface area (Å²) in [6.07, 6.45) is 4.47. The fourth-order valence-electron chi connectivity index (χ4n) is 2.85. The summed E-state index contributed by atoms with van der Waals surface area (Å²) in [5.74, 6) is 0.410. The van der Waals surface area contributed by atoms with Crippen LogP contribution in [0.1, 0.15) is 26.7 Å². The monoisotopic (exact) mass is 370 g/mol. The molecule has 0 aliphatic carbocycles. The van der Waals surface area contributed by atoms with Crippen molar-refractivity contribution in [1.82, 2.24) is 0 Å². The summed E-state index contributed by atoms with van der Waals surface area (Å²) >= 11 is 0. The van der Waals surface area contributed by atoms with E-state index in [-0.39, 0.29) is 12.7 Å². The fourth-order valence-corrected chi connectivity index (χ4v) is 2.85. The Morgan fingerprint density at radius 1 is 1.26 bits per heavy atom. The summed E-state index contributed by atoms with van der Waals surface area (Å²) < 4.78 is 16.7. The lowest BCUT2D eigenvalue weighted by Gasteiger charge is -2.13. The number of ether oxygens (including phenoxy) is 1. The summed E-state index contributed by atoms with van der Waals surface area (Å²) in [4.78, 5) is 16.0. The fraction of sp³-hybridized carbons (Fsp3) is 0.286. The predicted octanol–water partition coefficient (Wildman–Crippen LogP) is 5.08. The molecular formula is C21H22O6. The number of benzene rings is 1. The summed E-state index contributed by atoms with van der Waals surface area (Å²) in [5.41, 5.74) is 2.31. The number of furan rings is 1. The second kappa shape index (κ2) is 8.24. The lowest BCUT2D eigenvalue weighted by molar-refractivity contribution is -0.269. The van der Waals surface area contributed by atoms with Gasteiger partial charge in [-0.1, -0.05) is 12.2 Å². The SMILES string of the molecule is C=C(C)[C@@H](CC/C(C)=C/COc1c2occc2cc2ccc(=O)oc12)OO. The molecule has 1 atom stereocenters. The zero-order chi connectivity index (χ0) is 19.4. The van der Waals surface area contributed by atoms with E-state index in [0.29, 0.717) is 23.3 Å². The van der Waals surface area contributed by atoms with Gasteiger partial charge in [0.1, 0.15) is 12.7 Å². The van der Waals surface area contributed by atoms with E-state index in [1.54, 1.807) is 12.3 Å². The summed E-state index contributed by atoms with van der Waals surface area (Å²) in [7, 11) is 0. The molecule has 0 bridgehead atoms. The highest BCUT2D eigenvalue weighted by atomic mass is 17.1. The van der Waals surface area contributed by atoms with Gasteiger partial charge in [0.05, 0.1) is 6.26 Å². The minimum absolute atomic E-state index is 0.289. The summed E-state index contributed by atoms with van der Waals surface area (Å²) in [6.45, 7) is 7.86. The first-order valence-electron chi connectivity index (χ1n) is 8.67. The Balaban J connectivity index is 1.77. The van der Waals surface area contributed by atoms with Crippen LogP contribution in [0, 0.1) is 0 Å². The van der Waals surface area contributed by atoms with Crippen molar-refractivity contribution in [3.8, 4) is 5.75 Å². The van der Waals surface area contributed by atoms with Crippen LogP contribution in [0.15, 0.2) is 68.0 Å². The van der Waals surface area contributed by atoms with E-state index in [9.17, 15) is 4.79 Å². The molecule has 6 nitrogen and oxygen atoms in total. The van der Waals surface area contributed by atoms with E-state index < -0.39 is 5.63 Å². The van der Waals surface area contributed by atoms with Gasteiger partial charge < -0.3 is 13.6 Å². The number of fused-ring (bicyclic) bond motifs is 2. The maximum Gasteiger partial charge on any atom is 0.336 e. The highest BCUT2D eigenvalue weighted by molar-refractivity contribution is 5.99. The smallest absolute Gasteiger partial charge is 0.336 e. The molecule has 0 unspecified atom stereocenters. The number of hydrogen-bond acceptors (Lipinski definition) is 6. The first-order valence-corrected chi connectivity index (χ1v) is 8.67. The molecule has 1 aromatic carbocycles. The largest absolute Gasteiger partial charge is 0.482 e. The van der Waals surface area contributed by atoms with Crippen molar-refractivity contribution < 1.29 is 23.7 Å². The van der Waals surface area contributed by atoms with Crippen LogP contribution >= 0.6 is 0 Å². The van der Waals surface area contributed by atoms with Gasteiger partial charge in [-0.05, 0) is 56.5 Å². The van der Waals surface area contributed by atoms with Gasteiger partial charge in [-0.3, -0.25) is 5.26 Å². The second-order valence-electron chi connectivity index (χ2n) is 6.56. The first-order chi connectivity index (χ1) is 13.0. The second-order valence-corrected chi connectivity index (χ2v) is 6.56. The Bertz CT molecular complexity index is 1040. The highest BCUT2D eigenvalue weighted by Crippen LogP contribution is 2.35. The molecule has 6 heteroatoms. The van der Waals surface area contributed by atoms with Crippen LogP contribution in [0.25, 0.3) is 21.9 Å². The maximum atomic E-state index is 11.6. The molecule has 3 rings (SSSR count). The number of hydrogen-bond donors (Lipinski definition) is 1. The third-order valence-corrected chi connectivity index (χ3v) is 4.42. The molecule has 0 saturated heterocycles. The van der Waals surface area contributed by atoms with Crippen molar-refractivity contribution in [3.63, 3.8) is 0 Å². The van der Waals surface area contributed by atoms with Gasteiger partial charge in [-0.15, -0.1) is 0 Å². The Labute approximate surface area is 156 Å². The van der Waals surface area contributed by atoms with Crippen LogP contribution in [0.2, 0.25) is 0 Å². The van der Waals surface area contributed by atoms with Crippen molar-refractivity contribution in [2.45, 2.75) is 32.8 Å². The van der Waals surface area contributed by atoms with Crippen molar-refractivity contribution in [2.24, 2.45) is 0 Å². The molecule has 0 spiro atoms. The van der Waals surface area contributed by atoms with Crippen LogP contribution in [-0.4, -0.2) is 18.0 Å². The Morgan fingerprint density at radius 3 is 2.78 bits per heavy atom. The zero-order valence-electron chi connectivity index (χ0n) is 15.4. The summed E-state index contributed by atoms with van der Waals surface area (Å²) in [6, 6.07) is 6.80. The van der Waals surface area contributed by atoms with Crippen LogP contribution in [0.4, 0.5) is 0 Å². The van der Waals surface area contributed by atoms with Crippen molar-refractivity contribution in [1.29, 1.82) is 0 Å². The van der Waals surface area contributed by atoms with Crippen molar-refractivity contribution in [3.05, 3.63) is 64.7 Å². The zero-order valence-corrected chi connectivity index (χ0v) is 15.4. The van der Waals surface area contributed by atoms with Crippen LogP contribution in [-0.2, 0) is 4.89 Å². The number of allylic oxidation sites excluding steroid dienone is 1. The lowest BCUT2D eigenvalue weighted by Crippen LogP contribution is -2.11. The van der Waals surface area contributed by atoms with Crippen LogP contribution < -0.4 is 10.4 Å². The Hall–Kier alpha value is -2.83. The normalized spacial score (nSPS) is 13.2. The molecule has 0 amide bonds. The van der Waals surface area contributed by atoms with E-state index in [2.05, 4.69) is 11.5 Å². The highest BCUT2D eigenvalue weighted by Gasteiger charge is 2.14. The van der Waals surface area contributed by atoms with Crippen LogP contribution in [0.3, 0.4) is 0 Å². The summed E-state index contributed by atoms with van der Waals surface area (Å²) in [5, 5.41) is 10.5. The third-order valence-electron chi connectivity index (χ3n) is 4.42. The molecule has 142 valence electrons. The van der Waals surface area contributed by atoms with E-state index in [1.165, 1.54) is 6.07 Å². The molecule has 1 N–H and O–H groups in total. The quantitative estimate of drug-likeness (QED) is 0.258. The number of rotatable bonds is 8. The molecule has 27 heavy (non-hydrogen) atoms. The molecule has 0 aliphatic rings. The Kier molecular flexibility index (Phi) is 5.78. The molecule has 2 aromatic heterocycles. The minimum Gasteiger partial charge on any atom is -0.482 e. The maximum absolute atomic E-state index is 11.6. The standard InChI is InChI=1S/C21H22O6/c1-13(2)17(27-23)6-4-14(3)8-10-25-21-19-16(9-11-24-19)12-15-5-7-18(22)26-20(15)21/h5,7-9,11-12,17,23H,1,4,6,10H2,2-3H3/b14-8+/t17-/m1/s1. The topological polar surface area (TPSA) is 82.0 Å². The lowest BCUT2D eigenvalue weighted by atomic mass is 10.0. The van der Waals surface area contributed by atoms with E-state index >= 15 is 0 Å². The van der Waals surface area contributed by atoms with Gasteiger partial charge in [-0.25, -0.2) is 9.68 Å². The first kappa shape index (κ1) is 18.9. The molecule has 2 heterocycles. The minimum atomic E-state index is -0.445. The van der Waals surface area contributed by atoms with Crippen molar-refractivity contribution in [2.75, 3.05) is 6.61 Å². The molecule has 0 radical (unpaired) electrons. The average molecular weight is 370 g/mol.